The van der Waals surface area contributed by atoms with E-state index < -0.39 is 24.4 Å². The molecule has 8 heteroatoms. The van der Waals surface area contributed by atoms with Crippen LogP contribution in [0.5, 0.6) is 5.75 Å². The number of benzene rings is 2. The van der Waals surface area contributed by atoms with Crippen molar-refractivity contribution in [2.45, 2.75) is 12.8 Å². The molecule has 2 aromatic rings. The number of aldehydes is 1. The first kappa shape index (κ1) is 18.3. The van der Waals surface area contributed by atoms with E-state index in [9.17, 15) is 22.8 Å². The lowest BCUT2D eigenvalue weighted by molar-refractivity contribution is -0.137. The number of primary amides is 1. The van der Waals surface area contributed by atoms with Gasteiger partial charge in [-0.25, -0.2) is 4.79 Å². The van der Waals surface area contributed by atoms with Gasteiger partial charge in [-0.3, -0.25) is 4.79 Å². The van der Waals surface area contributed by atoms with Crippen molar-refractivity contribution in [1.29, 1.82) is 0 Å². The number of halogens is 3. The Bertz CT molecular complexity index is 803. The Hall–Kier alpha value is -3.03. The van der Waals surface area contributed by atoms with Crippen LogP contribution < -0.4 is 10.5 Å². The fourth-order valence-corrected chi connectivity index (χ4v) is 2.31. The second-order valence-electron chi connectivity index (χ2n) is 5.05. The Morgan fingerprint density at radius 3 is 2.44 bits per heavy atom. The van der Waals surface area contributed by atoms with E-state index in [2.05, 4.69) is 4.74 Å². The van der Waals surface area contributed by atoms with Gasteiger partial charge in [0.05, 0.1) is 12.7 Å². The van der Waals surface area contributed by atoms with Gasteiger partial charge in [-0.05, 0) is 41.5 Å². The standard InChI is InChI=1S/C17H14F3NO4/c1-24-15-5-2-10(8-22)6-14(15)13-4-3-12(17(18,19)20)7-11(13)9-25-16(21)23/h2-8H,9H2,1H3,(H2,21,23). The Labute approximate surface area is 141 Å². The SMILES string of the molecule is COc1ccc(C=O)cc1-c1ccc(C(F)(F)F)cc1COC(N)=O. The first-order valence-corrected chi connectivity index (χ1v) is 7.02. The van der Waals surface area contributed by atoms with Crippen molar-refractivity contribution in [3.63, 3.8) is 0 Å². The van der Waals surface area contributed by atoms with Gasteiger partial charge < -0.3 is 15.2 Å². The molecule has 0 aromatic heterocycles. The van der Waals surface area contributed by atoms with Crippen molar-refractivity contribution in [1.82, 2.24) is 0 Å². The summed E-state index contributed by atoms with van der Waals surface area (Å²) in [5, 5.41) is 0. The first-order valence-electron chi connectivity index (χ1n) is 7.02. The first-order chi connectivity index (χ1) is 11.8. The highest BCUT2D eigenvalue weighted by Gasteiger charge is 2.31. The van der Waals surface area contributed by atoms with Crippen molar-refractivity contribution in [2.24, 2.45) is 5.73 Å². The molecule has 0 aliphatic carbocycles. The van der Waals surface area contributed by atoms with E-state index >= 15 is 0 Å². The predicted octanol–water partition coefficient (Wildman–Crippen LogP) is 3.79. The number of rotatable bonds is 5. The molecule has 0 fully saturated rings. The molecule has 0 unspecified atom stereocenters. The summed E-state index contributed by atoms with van der Waals surface area (Å²) in [7, 11) is 1.39. The van der Waals surface area contributed by atoms with Crippen molar-refractivity contribution in [3.8, 4) is 16.9 Å². The van der Waals surface area contributed by atoms with Gasteiger partial charge in [0.1, 0.15) is 18.6 Å². The van der Waals surface area contributed by atoms with Crippen LogP contribution in [-0.4, -0.2) is 19.5 Å². The maximum Gasteiger partial charge on any atom is 0.416 e. The van der Waals surface area contributed by atoms with Gasteiger partial charge in [-0.2, -0.15) is 13.2 Å². The van der Waals surface area contributed by atoms with Crippen LogP contribution in [0.1, 0.15) is 21.5 Å². The molecular weight excluding hydrogens is 339 g/mol. The third-order valence-corrected chi connectivity index (χ3v) is 3.45. The third-order valence-electron chi connectivity index (χ3n) is 3.45. The molecule has 0 radical (unpaired) electrons. The molecule has 0 atom stereocenters. The summed E-state index contributed by atoms with van der Waals surface area (Å²) in [6.45, 7) is -0.455. The van der Waals surface area contributed by atoms with Crippen LogP contribution in [0, 0.1) is 0 Å². The molecule has 0 spiro atoms. The van der Waals surface area contributed by atoms with E-state index in [0.29, 0.717) is 28.7 Å². The lowest BCUT2D eigenvalue weighted by atomic mass is 9.95. The van der Waals surface area contributed by atoms with Crippen LogP contribution in [0.25, 0.3) is 11.1 Å². The molecule has 0 saturated heterocycles. The van der Waals surface area contributed by atoms with Gasteiger partial charge in [-0.15, -0.1) is 0 Å². The summed E-state index contributed by atoms with van der Waals surface area (Å²) in [6, 6.07) is 7.51. The fraction of sp³-hybridized carbons (Fsp3) is 0.176. The van der Waals surface area contributed by atoms with Crippen molar-refractivity contribution >= 4 is 12.4 Å². The summed E-state index contributed by atoms with van der Waals surface area (Å²) in [4.78, 5) is 21.8. The molecule has 25 heavy (non-hydrogen) atoms. The Kier molecular flexibility index (Phi) is 5.31. The maximum atomic E-state index is 13.0. The van der Waals surface area contributed by atoms with Crippen molar-refractivity contribution in [3.05, 3.63) is 53.1 Å². The lowest BCUT2D eigenvalue weighted by Gasteiger charge is -2.16. The molecule has 0 heterocycles. The van der Waals surface area contributed by atoms with Crippen LogP contribution in [0.3, 0.4) is 0 Å². The Morgan fingerprint density at radius 2 is 1.88 bits per heavy atom. The van der Waals surface area contributed by atoms with Crippen molar-refractivity contribution < 1.29 is 32.2 Å². The summed E-state index contributed by atoms with van der Waals surface area (Å²) in [6.07, 6.45) is -5.07. The number of alkyl halides is 3. The number of hydrogen-bond acceptors (Lipinski definition) is 4. The van der Waals surface area contributed by atoms with Gasteiger partial charge in [0.15, 0.2) is 0 Å². The lowest BCUT2D eigenvalue weighted by Crippen LogP contribution is -2.14. The minimum Gasteiger partial charge on any atom is -0.496 e. The Balaban J connectivity index is 2.63. The molecule has 2 aromatic carbocycles. The predicted molar refractivity (Wildman–Crippen MR) is 83.2 cm³/mol. The van der Waals surface area contributed by atoms with Crippen LogP contribution in [-0.2, 0) is 17.5 Å². The second kappa shape index (κ2) is 7.25. The molecule has 0 bridgehead atoms. The highest BCUT2D eigenvalue weighted by atomic mass is 19.4. The number of ether oxygens (including phenoxy) is 2. The number of amides is 1. The van der Waals surface area contributed by atoms with Gasteiger partial charge >= 0.3 is 12.3 Å². The number of methoxy groups -OCH3 is 1. The molecule has 132 valence electrons. The molecule has 0 saturated carbocycles. The number of hydrogen-bond donors (Lipinski definition) is 1. The van der Waals surface area contributed by atoms with Gasteiger partial charge in [0.25, 0.3) is 0 Å². The van der Waals surface area contributed by atoms with Crippen LogP contribution in [0.2, 0.25) is 0 Å². The summed E-state index contributed by atoms with van der Waals surface area (Å²) in [5.41, 5.74) is 5.12. The van der Waals surface area contributed by atoms with Gasteiger partial charge in [0.2, 0.25) is 0 Å². The molecule has 2 N–H and O–H groups in total. The third kappa shape index (κ3) is 4.28. The van der Waals surface area contributed by atoms with Gasteiger partial charge in [-0.1, -0.05) is 6.07 Å². The summed E-state index contributed by atoms with van der Waals surface area (Å²) >= 11 is 0. The van der Waals surface area contributed by atoms with E-state index in [4.69, 9.17) is 10.5 Å². The van der Waals surface area contributed by atoms with E-state index in [0.717, 1.165) is 12.1 Å². The summed E-state index contributed by atoms with van der Waals surface area (Å²) < 4.78 is 48.7. The molecule has 2 rings (SSSR count). The van der Waals surface area contributed by atoms with Crippen molar-refractivity contribution in [2.75, 3.05) is 7.11 Å². The zero-order valence-corrected chi connectivity index (χ0v) is 13.1. The van der Waals surface area contributed by atoms with Crippen LogP contribution >= 0.6 is 0 Å². The van der Waals surface area contributed by atoms with Crippen LogP contribution in [0.15, 0.2) is 36.4 Å². The maximum absolute atomic E-state index is 13.0. The molecular formula is C17H14F3NO4. The zero-order valence-electron chi connectivity index (χ0n) is 13.1. The normalized spacial score (nSPS) is 11.0. The van der Waals surface area contributed by atoms with E-state index in [1.165, 1.54) is 31.4 Å². The average molecular weight is 353 g/mol. The van der Waals surface area contributed by atoms with Gasteiger partial charge in [0, 0.05) is 11.1 Å². The highest BCUT2D eigenvalue weighted by molar-refractivity contribution is 5.82. The van der Waals surface area contributed by atoms with Crippen LogP contribution in [0.4, 0.5) is 18.0 Å². The van der Waals surface area contributed by atoms with E-state index in [1.807, 2.05) is 0 Å². The Morgan fingerprint density at radius 1 is 1.16 bits per heavy atom. The minimum atomic E-state index is -4.56. The minimum absolute atomic E-state index is 0.0787. The average Bonchev–Trinajstić information content (AvgIpc) is 2.58. The smallest absolute Gasteiger partial charge is 0.416 e. The molecule has 5 nitrogen and oxygen atoms in total. The molecule has 0 aliphatic heterocycles. The molecule has 0 aliphatic rings. The summed E-state index contributed by atoms with van der Waals surface area (Å²) in [5.74, 6) is 0.352. The quantitative estimate of drug-likeness (QED) is 0.830. The highest BCUT2D eigenvalue weighted by Crippen LogP contribution is 2.37. The topological polar surface area (TPSA) is 78.6 Å². The largest absolute Gasteiger partial charge is 0.496 e. The molecule has 1 amide bonds. The van der Waals surface area contributed by atoms with E-state index in [1.54, 1.807) is 0 Å². The number of carbonyl (C=O) groups excluding carboxylic acids is 2. The zero-order chi connectivity index (χ0) is 18.6. The number of carbonyl (C=O) groups is 2. The fourth-order valence-electron chi connectivity index (χ4n) is 2.31. The number of nitrogens with two attached hydrogens (primary N) is 1. The second-order valence-corrected chi connectivity index (χ2v) is 5.05. The monoisotopic (exact) mass is 353 g/mol. The van der Waals surface area contributed by atoms with E-state index in [-0.39, 0.29) is 5.56 Å².